The third-order valence-corrected chi connectivity index (χ3v) is 10.6. The van der Waals surface area contributed by atoms with Gasteiger partial charge < -0.3 is 53.4 Å². The van der Waals surface area contributed by atoms with E-state index >= 15 is 0 Å². The predicted octanol–water partition coefficient (Wildman–Crippen LogP) is 2.27. The number of nitrogens with one attached hydrogen (secondary N) is 1. The van der Waals surface area contributed by atoms with E-state index in [-0.39, 0.29) is 78.9 Å². The van der Waals surface area contributed by atoms with Crippen LogP contribution in [0.4, 0.5) is 11.6 Å². The number of anilines is 2. The van der Waals surface area contributed by atoms with Crippen molar-refractivity contribution in [3.05, 3.63) is 70.5 Å². The molecule has 0 bridgehead atoms. The highest BCUT2D eigenvalue weighted by molar-refractivity contribution is 6.31. The fourth-order valence-electron chi connectivity index (χ4n) is 7.26. The highest BCUT2D eigenvalue weighted by Gasteiger charge is 2.35. The largest absolute Gasteiger partial charge is 1.00 e. The Hall–Kier alpha value is -4.01. The molecule has 2 aromatic carbocycles. The topological polar surface area (TPSA) is 200 Å². The van der Waals surface area contributed by atoms with Crippen LogP contribution >= 0.6 is 11.6 Å². The van der Waals surface area contributed by atoms with Gasteiger partial charge in [0.2, 0.25) is 0 Å². The summed E-state index contributed by atoms with van der Waals surface area (Å²) >= 11 is 6.07. The molecule has 13 nitrogen and oxygen atoms in total. The lowest BCUT2D eigenvalue weighted by atomic mass is 9.99. The zero-order valence-electron chi connectivity index (χ0n) is 32.9. The number of amides is 1. The van der Waals surface area contributed by atoms with Crippen LogP contribution < -0.4 is 38.7 Å². The first kappa shape index (κ1) is 47.4. The molecule has 1 saturated heterocycles. The van der Waals surface area contributed by atoms with Gasteiger partial charge in [-0.1, -0.05) is 48.7 Å². The molecule has 1 aliphatic heterocycles. The maximum Gasteiger partial charge on any atom is 0.274 e. The van der Waals surface area contributed by atoms with Gasteiger partial charge in [-0.15, -0.1) is 0 Å². The number of unbranched alkanes of at least 4 members (excludes halogenated alkanes) is 4. The van der Waals surface area contributed by atoms with Gasteiger partial charge in [0.25, 0.3) is 5.91 Å². The minimum Gasteiger partial charge on any atom is -1.00 e. The van der Waals surface area contributed by atoms with Crippen molar-refractivity contribution in [3.63, 3.8) is 0 Å². The number of ketones is 2. The van der Waals surface area contributed by atoms with Gasteiger partial charge in [-0.05, 0) is 86.8 Å². The highest BCUT2D eigenvalue weighted by atomic mass is 35.5. The molecule has 1 fully saturated rings. The van der Waals surface area contributed by atoms with E-state index in [0.29, 0.717) is 37.2 Å². The van der Waals surface area contributed by atoms with Gasteiger partial charge in [-0.25, -0.2) is 9.97 Å². The van der Waals surface area contributed by atoms with E-state index in [1.807, 2.05) is 24.3 Å². The van der Waals surface area contributed by atoms with Crippen LogP contribution in [-0.2, 0) is 22.4 Å². The number of carbonyl (C=O) groups excluding carboxylic acids is 3. The fraction of sp³-hybridized carbons (Fsp3) is 0.548. The van der Waals surface area contributed by atoms with Crippen molar-refractivity contribution in [2.45, 2.75) is 95.9 Å². The van der Waals surface area contributed by atoms with Gasteiger partial charge in [0.15, 0.2) is 34.0 Å². The number of Topliss-reactive ketones (excluding diaryl/α,β-unsaturated/α-hetero) is 2. The maximum absolute atomic E-state index is 13.3. The highest BCUT2D eigenvalue weighted by Crippen LogP contribution is 2.25. The van der Waals surface area contributed by atoms with Crippen LogP contribution in [0.1, 0.15) is 98.7 Å². The van der Waals surface area contributed by atoms with Gasteiger partial charge >= 0.3 is 0 Å². The molecule has 0 unspecified atom stereocenters. The minimum atomic E-state index is -0.418. The van der Waals surface area contributed by atoms with E-state index in [1.165, 1.54) is 11.1 Å². The average Bonchev–Trinajstić information content (AvgIpc) is 3.19. The summed E-state index contributed by atoms with van der Waals surface area (Å²) in [6.45, 7) is 4.04. The summed E-state index contributed by atoms with van der Waals surface area (Å²) in [7, 11) is 0. The molecule has 0 spiro atoms. The number of quaternary nitrogens is 1. The van der Waals surface area contributed by atoms with Crippen molar-refractivity contribution >= 4 is 40.7 Å². The van der Waals surface area contributed by atoms with E-state index in [9.17, 15) is 14.4 Å². The molecule has 314 valence electrons. The normalized spacial score (nSPS) is 14.7. The van der Waals surface area contributed by atoms with E-state index < -0.39 is 5.91 Å². The third kappa shape index (κ3) is 16.8. The van der Waals surface area contributed by atoms with Crippen LogP contribution in [0.3, 0.4) is 0 Å². The number of aliphatic hydroxyl groups is 2. The summed E-state index contributed by atoms with van der Waals surface area (Å²) < 4.78 is 12.3. The van der Waals surface area contributed by atoms with Crippen LogP contribution in [0.25, 0.3) is 0 Å². The number of rotatable bonds is 26. The Morgan fingerprint density at radius 2 is 1.25 bits per heavy atom. The lowest BCUT2D eigenvalue weighted by Crippen LogP contribution is -3.00. The van der Waals surface area contributed by atoms with Crippen molar-refractivity contribution < 1.29 is 51.0 Å². The Labute approximate surface area is 347 Å². The Balaban J connectivity index is 0.00000870. The summed E-state index contributed by atoms with van der Waals surface area (Å²) in [6, 6.07) is 15.8. The quantitative estimate of drug-likeness (QED) is 0.0588. The number of benzene rings is 2. The number of carbonyl (C=O) groups is 3. The first-order valence-corrected chi connectivity index (χ1v) is 20.4. The number of hydrogen-bond acceptors (Lipinski definition) is 11. The van der Waals surface area contributed by atoms with Crippen LogP contribution in [0, 0.1) is 0 Å². The molecule has 1 amide bonds. The predicted molar refractivity (Wildman–Crippen MR) is 218 cm³/mol. The van der Waals surface area contributed by atoms with Crippen LogP contribution in [0.5, 0.6) is 11.5 Å². The molecule has 2 heterocycles. The number of likely N-dealkylation sites (tertiary alicyclic amines) is 1. The standard InChI is InChI=1S/C42H59ClN6O7.ClH/c43-39-41(45)48-40(44)38(47-39)42(54)46-33-12-9-25-49(28-33,23-7-10-31-15-19-36(20-16-31)55-29-34(52)13-3-1-5-26-50)24-8-11-32-17-21-37(22-18-32)56-30-35(53)14-4-2-6-27-51;/h15-22,33,50-51H,1-14,23-30H2,(H4-,44,45,46,48,54);1H/t33-;/m0./s1. The molecule has 7 N–H and O–H groups in total. The Morgan fingerprint density at radius 3 is 1.74 bits per heavy atom. The van der Waals surface area contributed by atoms with E-state index in [4.69, 9.17) is 42.8 Å². The molecular weight excluding hydrogens is 771 g/mol. The molecule has 4 rings (SSSR count). The number of aromatic nitrogens is 2. The molecule has 3 aromatic rings. The zero-order chi connectivity index (χ0) is 40.2. The van der Waals surface area contributed by atoms with Gasteiger partial charge in [-0.3, -0.25) is 14.4 Å². The maximum atomic E-state index is 13.3. The van der Waals surface area contributed by atoms with Crippen molar-refractivity contribution in [2.75, 3.05) is 64.1 Å². The van der Waals surface area contributed by atoms with Crippen LogP contribution in [0.15, 0.2) is 48.5 Å². The second-order valence-corrected chi connectivity index (χ2v) is 15.2. The first-order valence-electron chi connectivity index (χ1n) is 20.0. The van der Waals surface area contributed by atoms with Crippen molar-refractivity contribution in [1.82, 2.24) is 15.3 Å². The number of ether oxygens (including phenoxy) is 2. The Kier molecular flexibility index (Phi) is 21.1. The Bertz CT molecular complexity index is 1600. The summed E-state index contributed by atoms with van der Waals surface area (Å²) in [4.78, 5) is 45.7. The summed E-state index contributed by atoms with van der Waals surface area (Å²) in [6.07, 6.45) is 11.0. The van der Waals surface area contributed by atoms with Gasteiger partial charge in [0.1, 0.15) is 24.7 Å². The summed E-state index contributed by atoms with van der Waals surface area (Å²) in [5, 5.41) is 20.9. The lowest BCUT2D eigenvalue weighted by molar-refractivity contribution is -0.933. The minimum absolute atomic E-state index is 0. The third-order valence-electron chi connectivity index (χ3n) is 10.3. The number of nitrogens with two attached hydrogens (primary N) is 2. The van der Waals surface area contributed by atoms with E-state index in [1.54, 1.807) is 0 Å². The fourth-order valence-corrected chi connectivity index (χ4v) is 7.38. The number of piperidine rings is 1. The molecule has 1 aliphatic rings. The molecule has 0 radical (unpaired) electrons. The van der Waals surface area contributed by atoms with Gasteiger partial charge in [-0.2, -0.15) is 0 Å². The van der Waals surface area contributed by atoms with Crippen molar-refractivity contribution in [1.29, 1.82) is 0 Å². The lowest BCUT2D eigenvalue weighted by Gasteiger charge is -2.45. The number of nitrogen functional groups attached to an aromatic ring is 2. The average molecular weight is 832 g/mol. The van der Waals surface area contributed by atoms with E-state index in [2.05, 4.69) is 39.6 Å². The first-order chi connectivity index (χ1) is 27.1. The molecule has 1 aromatic heterocycles. The Morgan fingerprint density at radius 1 is 0.737 bits per heavy atom. The molecule has 15 heteroatoms. The monoisotopic (exact) mass is 830 g/mol. The van der Waals surface area contributed by atoms with Crippen LogP contribution in [-0.4, -0.2) is 101 Å². The molecule has 57 heavy (non-hydrogen) atoms. The molecular formula is C42H60Cl2N6O7. The van der Waals surface area contributed by atoms with Gasteiger partial charge in [0, 0.05) is 38.9 Å². The second kappa shape index (κ2) is 25.4. The zero-order valence-corrected chi connectivity index (χ0v) is 34.5. The van der Waals surface area contributed by atoms with Crippen molar-refractivity contribution in [2.24, 2.45) is 0 Å². The SMILES string of the molecule is Nc1nc(N)c(C(=O)N[C@H]2CCC[N+](CCCc3ccc(OCC(=O)CCCCCO)cc3)(CCCc3ccc(OCC(=O)CCCCCO)cc3)C2)nc1Cl.[Cl-]. The molecule has 1 atom stereocenters. The molecule has 0 saturated carbocycles. The van der Waals surface area contributed by atoms with Crippen LogP contribution in [0.2, 0.25) is 5.15 Å². The smallest absolute Gasteiger partial charge is 0.274 e. The number of nitrogens with zero attached hydrogens (tertiary/aromatic N) is 3. The number of aryl methyl sites for hydroxylation is 2. The summed E-state index contributed by atoms with van der Waals surface area (Å²) in [5.41, 5.74) is 14.1. The number of aliphatic hydroxyl groups excluding tert-OH is 2. The van der Waals surface area contributed by atoms with Gasteiger partial charge in [0.05, 0.1) is 32.2 Å². The van der Waals surface area contributed by atoms with Crippen molar-refractivity contribution in [3.8, 4) is 11.5 Å². The van der Waals surface area contributed by atoms with E-state index in [0.717, 1.165) is 94.9 Å². The summed E-state index contributed by atoms with van der Waals surface area (Å²) in [5.74, 6) is 0.952. The molecule has 0 aliphatic carbocycles. The second-order valence-electron chi connectivity index (χ2n) is 14.9. The number of halogens is 2. The number of hydrogen-bond donors (Lipinski definition) is 5.